The first-order valence-electron chi connectivity index (χ1n) is 8.46. The number of urea groups is 1. The maximum atomic E-state index is 12.1. The Kier molecular flexibility index (Phi) is 7.93. The van der Waals surface area contributed by atoms with E-state index in [1.165, 1.54) is 18.9 Å². The Morgan fingerprint density at radius 1 is 1.27 bits per heavy atom. The van der Waals surface area contributed by atoms with E-state index in [1.807, 2.05) is 30.3 Å². The fourth-order valence-electron chi connectivity index (χ4n) is 2.67. The van der Waals surface area contributed by atoms with Crippen molar-refractivity contribution in [1.82, 2.24) is 10.2 Å². The summed E-state index contributed by atoms with van der Waals surface area (Å²) in [6, 6.07) is 8.85. The zero-order valence-corrected chi connectivity index (χ0v) is 15.5. The molecule has 2 N–H and O–H groups in total. The Morgan fingerprint density at radius 3 is 2.69 bits per heavy atom. The number of carbonyl (C=O) groups excluding carboxylic acids is 3. The monoisotopic (exact) mass is 380 g/mol. The number of thioether (sulfide) groups is 1. The van der Waals surface area contributed by atoms with Gasteiger partial charge in [0.25, 0.3) is 0 Å². The normalized spacial score (nSPS) is 19.3. The molecule has 1 heterocycles. The molecule has 0 aromatic heterocycles. The summed E-state index contributed by atoms with van der Waals surface area (Å²) >= 11 is 1.38. The molecule has 1 aliphatic rings. The van der Waals surface area contributed by atoms with Crippen molar-refractivity contribution in [3.05, 3.63) is 35.9 Å². The third-order valence-electron chi connectivity index (χ3n) is 4.11. The second-order valence-corrected chi connectivity index (χ2v) is 7.09. The molecule has 2 amide bonds. The molecule has 1 aliphatic heterocycles. The first-order valence-corrected chi connectivity index (χ1v) is 9.62. The number of aliphatic hydroxyl groups excluding tert-OH is 1. The minimum absolute atomic E-state index is 0.0419. The third-order valence-corrected chi connectivity index (χ3v) is 5.21. The van der Waals surface area contributed by atoms with E-state index in [0.29, 0.717) is 25.1 Å². The van der Waals surface area contributed by atoms with E-state index in [1.54, 1.807) is 4.90 Å². The summed E-state index contributed by atoms with van der Waals surface area (Å²) < 4.78 is 4.54. The number of benzene rings is 1. The van der Waals surface area contributed by atoms with E-state index >= 15 is 0 Å². The second-order valence-electron chi connectivity index (χ2n) is 6.06. The Balaban J connectivity index is 1.78. The van der Waals surface area contributed by atoms with Crippen LogP contribution < -0.4 is 5.32 Å². The molecule has 0 saturated carbocycles. The fraction of sp³-hybridized carbons (Fsp3) is 0.500. The van der Waals surface area contributed by atoms with Crippen LogP contribution in [0.15, 0.2) is 30.3 Å². The third kappa shape index (κ3) is 6.03. The number of methoxy groups -OCH3 is 1. The van der Waals surface area contributed by atoms with E-state index in [4.69, 9.17) is 0 Å². The Bertz CT molecular complexity index is 625. The van der Waals surface area contributed by atoms with Gasteiger partial charge < -0.3 is 20.1 Å². The van der Waals surface area contributed by atoms with Gasteiger partial charge in [0.1, 0.15) is 12.0 Å². The lowest BCUT2D eigenvalue weighted by atomic mass is 10.2. The molecular formula is C18H24N2O5S. The lowest BCUT2D eigenvalue weighted by Gasteiger charge is -2.24. The molecule has 0 spiro atoms. The Hall–Kier alpha value is -2.06. The van der Waals surface area contributed by atoms with Gasteiger partial charge >= 0.3 is 12.0 Å². The average Bonchev–Trinajstić information content (AvgIpc) is 2.89. The number of nitrogens with zero attached hydrogens (tertiary/aromatic N) is 1. The van der Waals surface area contributed by atoms with Crippen LogP contribution in [-0.2, 0) is 20.9 Å². The van der Waals surface area contributed by atoms with Crippen molar-refractivity contribution in [3.8, 4) is 0 Å². The quantitative estimate of drug-likeness (QED) is 0.598. The van der Waals surface area contributed by atoms with E-state index in [2.05, 4.69) is 10.1 Å². The van der Waals surface area contributed by atoms with Gasteiger partial charge in [-0.15, -0.1) is 0 Å². The molecule has 1 saturated heterocycles. The summed E-state index contributed by atoms with van der Waals surface area (Å²) in [5.74, 6) is 0.466. The number of Topliss-reactive ketones (excluding diaryl/α,β-unsaturated/α-hetero) is 1. The molecule has 0 aliphatic carbocycles. The van der Waals surface area contributed by atoms with E-state index in [-0.39, 0.29) is 30.0 Å². The van der Waals surface area contributed by atoms with Crippen LogP contribution in [0.3, 0.4) is 0 Å². The Morgan fingerprint density at radius 2 is 2.00 bits per heavy atom. The molecule has 2 rings (SSSR count). The molecule has 142 valence electrons. The van der Waals surface area contributed by atoms with E-state index in [9.17, 15) is 19.5 Å². The molecule has 1 fully saturated rings. The van der Waals surface area contributed by atoms with Crippen LogP contribution in [0.2, 0.25) is 0 Å². The largest absolute Gasteiger partial charge is 0.469 e. The first-order chi connectivity index (χ1) is 12.5. The van der Waals surface area contributed by atoms with Crippen molar-refractivity contribution in [2.24, 2.45) is 0 Å². The highest BCUT2D eigenvalue weighted by atomic mass is 32.2. The second kappa shape index (κ2) is 10.2. The van der Waals surface area contributed by atoms with Crippen LogP contribution in [0.1, 0.15) is 24.8 Å². The standard InChI is InChI=1S/C18H24N2O5S/c1-25-16(22)9-5-8-14(21)11-26-12-15-17(23)19-18(24)20(15)10-13-6-3-2-4-7-13/h2-4,6-7,15,17,23H,5,8-12H2,1H3,(H,19,24). The zero-order valence-electron chi connectivity index (χ0n) is 14.7. The van der Waals surface area contributed by atoms with Crippen molar-refractivity contribution in [2.75, 3.05) is 18.6 Å². The van der Waals surface area contributed by atoms with Crippen molar-refractivity contribution in [1.29, 1.82) is 0 Å². The lowest BCUT2D eigenvalue weighted by Crippen LogP contribution is -2.38. The molecule has 1 aromatic carbocycles. The predicted molar refractivity (Wildman–Crippen MR) is 98.5 cm³/mol. The number of carbonyl (C=O) groups is 3. The van der Waals surface area contributed by atoms with Gasteiger partial charge in [0.15, 0.2) is 0 Å². The SMILES string of the molecule is COC(=O)CCCC(=O)CSCC1C(O)NC(=O)N1Cc1ccccc1. The van der Waals surface area contributed by atoms with Crippen LogP contribution in [0.4, 0.5) is 4.79 Å². The van der Waals surface area contributed by atoms with Crippen LogP contribution in [0, 0.1) is 0 Å². The first kappa shape index (κ1) is 20.3. The van der Waals surface area contributed by atoms with Crippen LogP contribution in [-0.4, -0.2) is 58.7 Å². The zero-order chi connectivity index (χ0) is 18.9. The highest BCUT2D eigenvalue weighted by Crippen LogP contribution is 2.20. The number of aliphatic hydroxyl groups is 1. The number of ether oxygens (including phenoxy) is 1. The molecular weight excluding hydrogens is 356 g/mol. The van der Waals surface area contributed by atoms with Gasteiger partial charge in [-0.1, -0.05) is 30.3 Å². The number of rotatable bonds is 10. The van der Waals surface area contributed by atoms with Gasteiger partial charge in [0.05, 0.1) is 18.9 Å². The topological polar surface area (TPSA) is 95.9 Å². The van der Waals surface area contributed by atoms with E-state index in [0.717, 1.165) is 5.56 Å². The van der Waals surface area contributed by atoms with Gasteiger partial charge in [0.2, 0.25) is 0 Å². The minimum atomic E-state index is -0.951. The average molecular weight is 380 g/mol. The van der Waals surface area contributed by atoms with E-state index < -0.39 is 12.3 Å². The van der Waals surface area contributed by atoms with Gasteiger partial charge in [-0.2, -0.15) is 11.8 Å². The lowest BCUT2D eigenvalue weighted by molar-refractivity contribution is -0.140. The van der Waals surface area contributed by atoms with Gasteiger partial charge in [0, 0.05) is 25.1 Å². The molecule has 7 nitrogen and oxygen atoms in total. The number of ketones is 1. The highest BCUT2D eigenvalue weighted by Gasteiger charge is 2.37. The van der Waals surface area contributed by atoms with Gasteiger partial charge in [-0.25, -0.2) is 4.79 Å². The summed E-state index contributed by atoms with van der Waals surface area (Å²) in [6.45, 7) is 0.405. The fourth-order valence-corrected chi connectivity index (χ4v) is 3.77. The van der Waals surface area contributed by atoms with Gasteiger partial charge in [-0.05, 0) is 12.0 Å². The number of esters is 1. The minimum Gasteiger partial charge on any atom is -0.469 e. The number of nitrogens with one attached hydrogen (secondary N) is 1. The molecule has 2 unspecified atom stereocenters. The summed E-state index contributed by atoms with van der Waals surface area (Å²) in [7, 11) is 1.32. The summed E-state index contributed by atoms with van der Waals surface area (Å²) in [5.41, 5.74) is 0.977. The van der Waals surface area contributed by atoms with Crippen molar-refractivity contribution < 1.29 is 24.2 Å². The number of hydrogen-bond donors (Lipinski definition) is 2. The van der Waals surface area contributed by atoms with Crippen LogP contribution in [0.25, 0.3) is 0 Å². The van der Waals surface area contributed by atoms with Crippen molar-refractivity contribution >= 4 is 29.5 Å². The molecule has 0 radical (unpaired) electrons. The highest BCUT2D eigenvalue weighted by molar-refractivity contribution is 8.00. The maximum Gasteiger partial charge on any atom is 0.320 e. The van der Waals surface area contributed by atoms with Crippen molar-refractivity contribution in [3.63, 3.8) is 0 Å². The number of amides is 2. The summed E-state index contributed by atoms with van der Waals surface area (Å²) in [4.78, 5) is 36.6. The molecule has 8 heteroatoms. The van der Waals surface area contributed by atoms with Crippen LogP contribution in [0.5, 0.6) is 0 Å². The molecule has 1 aromatic rings. The van der Waals surface area contributed by atoms with Crippen LogP contribution >= 0.6 is 11.8 Å². The summed E-state index contributed by atoms with van der Waals surface area (Å²) in [6.07, 6.45) is 0.0731. The molecule has 0 bridgehead atoms. The van der Waals surface area contributed by atoms with Crippen molar-refractivity contribution in [2.45, 2.75) is 38.1 Å². The van der Waals surface area contributed by atoms with Gasteiger partial charge in [-0.3, -0.25) is 9.59 Å². The summed E-state index contributed by atoms with van der Waals surface area (Å²) in [5, 5.41) is 12.6. The Labute approximate surface area is 157 Å². The predicted octanol–water partition coefficient (Wildman–Crippen LogP) is 1.54. The smallest absolute Gasteiger partial charge is 0.320 e. The number of hydrogen-bond acceptors (Lipinski definition) is 6. The maximum absolute atomic E-state index is 12.1. The molecule has 26 heavy (non-hydrogen) atoms. The molecule has 2 atom stereocenters.